The molecule has 1 aliphatic heterocycles. The third-order valence-electron chi connectivity index (χ3n) is 3.84. The molecule has 1 aromatic carbocycles. The lowest BCUT2D eigenvalue weighted by molar-refractivity contribution is -0.125. The smallest absolute Gasteiger partial charge is 0.246 e. The van der Waals surface area contributed by atoms with Crippen LogP contribution >= 0.6 is 0 Å². The third-order valence-corrected chi connectivity index (χ3v) is 3.84. The van der Waals surface area contributed by atoms with Crippen molar-refractivity contribution in [1.29, 1.82) is 0 Å². The molecule has 0 radical (unpaired) electrons. The van der Waals surface area contributed by atoms with E-state index in [1.54, 1.807) is 12.1 Å². The molecule has 0 spiro atoms. The maximum Gasteiger partial charge on any atom is 0.246 e. The lowest BCUT2D eigenvalue weighted by Crippen LogP contribution is -2.27. The Bertz CT molecular complexity index is 558. The van der Waals surface area contributed by atoms with Crippen LogP contribution in [0.5, 0.6) is 0 Å². The Morgan fingerprint density at radius 3 is 2.82 bits per heavy atom. The zero-order valence-corrected chi connectivity index (χ0v) is 13.1. The van der Waals surface area contributed by atoms with Gasteiger partial charge in [-0.05, 0) is 50.6 Å². The van der Waals surface area contributed by atoms with Crippen LogP contribution in [-0.2, 0) is 11.2 Å². The van der Waals surface area contributed by atoms with Crippen molar-refractivity contribution in [3.63, 3.8) is 0 Å². The van der Waals surface area contributed by atoms with Crippen LogP contribution in [0.25, 0.3) is 0 Å². The molecule has 120 valence electrons. The number of halogens is 2. The number of likely N-dealkylation sites (tertiary alicyclic amines) is 1. The van der Waals surface area contributed by atoms with E-state index in [1.807, 2.05) is 30.0 Å². The van der Waals surface area contributed by atoms with E-state index in [2.05, 4.69) is 0 Å². The number of hydrogen-bond acceptors (Lipinski definition) is 2. The molecule has 0 N–H and O–H groups in total. The van der Waals surface area contributed by atoms with Crippen LogP contribution in [0.1, 0.15) is 12.0 Å². The van der Waals surface area contributed by atoms with Gasteiger partial charge in [0.05, 0.1) is 0 Å². The number of amides is 1. The zero-order chi connectivity index (χ0) is 16.1. The first-order chi connectivity index (χ1) is 10.5. The highest BCUT2D eigenvalue weighted by molar-refractivity contribution is 5.87. The van der Waals surface area contributed by atoms with Gasteiger partial charge in [-0.2, -0.15) is 0 Å². The Kier molecular flexibility index (Phi) is 5.66. The molecule has 0 saturated carbocycles. The monoisotopic (exact) mass is 308 g/mol. The highest BCUT2D eigenvalue weighted by Crippen LogP contribution is 2.22. The van der Waals surface area contributed by atoms with Gasteiger partial charge in [0.1, 0.15) is 0 Å². The number of benzene rings is 1. The molecular formula is C17H22F2N2O. The van der Waals surface area contributed by atoms with Crippen LogP contribution in [0.3, 0.4) is 0 Å². The number of carbonyl (C=O) groups excluding carboxylic acids is 1. The minimum Gasteiger partial charge on any atom is -0.339 e. The number of rotatable bonds is 5. The molecule has 1 aromatic rings. The van der Waals surface area contributed by atoms with E-state index < -0.39 is 11.6 Å². The molecule has 0 aromatic heterocycles. The van der Waals surface area contributed by atoms with Crippen molar-refractivity contribution < 1.29 is 13.6 Å². The largest absolute Gasteiger partial charge is 0.339 e. The highest BCUT2D eigenvalue weighted by atomic mass is 19.2. The fourth-order valence-corrected chi connectivity index (χ4v) is 2.67. The molecule has 1 fully saturated rings. The maximum atomic E-state index is 13.2. The fourth-order valence-electron chi connectivity index (χ4n) is 2.67. The summed E-state index contributed by atoms with van der Waals surface area (Å²) in [7, 11) is 3.89. The Morgan fingerprint density at radius 2 is 2.14 bits per heavy atom. The van der Waals surface area contributed by atoms with Crippen molar-refractivity contribution in [3.05, 3.63) is 47.5 Å². The summed E-state index contributed by atoms with van der Waals surface area (Å²) in [6, 6.07) is 4.02. The highest BCUT2D eigenvalue weighted by Gasteiger charge is 2.25. The molecule has 0 bridgehead atoms. The van der Waals surface area contributed by atoms with Crippen LogP contribution in [0.4, 0.5) is 8.78 Å². The number of likely N-dealkylation sites (N-methyl/N-ethyl adjacent to an activating group) is 1. The quantitative estimate of drug-likeness (QED) is 0.780. The van der Waals surface area contributed by atoms with Crippen LogP contribution < -0.4 is 0 Å². The first kappa shape index (κ1) is 16.6. The summed E-state index contributed by atoms with van der Waals surface area (Å²) in [6.07, 6.45) is 5.03. The van der Waals surface area contributed by atoms with Gasteiger partial charge >= 0.3 is 0 Å². The van der Waals surface area contributed by atoms with E-state index in [1.165, 1.54) is 6.07 Å². The van der Waals surface area contributed by atoms with Gasteiger partial charge in [0.15, 0.2) is 11.6 Å². The second-order valence-corrected chi connectivity index (χ2v) is 6.06. The van der Waals surface area contributed by atoms with Gasteiger partial charge < -0.3 is 9.80 Å². The number of hydrogen-bond donors (Lipinski definition) is 0. The summed E-state index contributed by atoms with van der Waals surface area (Å²) in [5, 5.41) is 0. The second kappa shape index (κ2) is 7.49. The van der Waals surface area contributed by atoms with E-state index in [0.717, 1.165) is 31.1 Å². The topological polar surface area (TPSA) is 23.6 Å². The lowest BCUT2D eigenvalue weighted by Gasteiger charge is -2.15. The van der Waals surface area contributed by atoms with Gasteiger partial charge in [0.2, 0.25) is 5.91 Å². The summed E-state index contributed by atoms with van der Waals surface area (Å²) >= 11 is 0. The van der Waals surface area contributed by atoms with Gasteiger partial charge in [-0.25, -0.2) is 8.78 Å². The van der Waals surface area contributed by atoms with Gasteiger partial charge in [-0.3, -0.25) is 4.79 Å². The summed E-state index contributed by atoms with van der Waals surface area (Å²) < 4.78 is 26.1. The number of carbonyl (C=O) groups is 1. The normalized spacial score (nSPS) is 18.6. The SMILES string of the molecule is CN(C)C/C=C/C(=O)N1CCC(Cc2ccc(F)c(F)c2)C1. The summed E-state index contributed by atoms with van der Waals surface area (Å²) in [6.45, 7) is 2.13. The molecule has 2 rings (SSSR count). The molecule has 3 nitrogen and oxygen atoms in total. The molecule has 1 saturated heterocycles. The first-order valence-electron chi connectivity index (χ1n) is 7.50. The van der Waals surface area contributed by atoms with Crippen LogP contribution in [0.2, 0.25) is 0 Å². The van der Waals surface area contributed by atoms with Crippen molar-refractivity contribution in [2.45, 2.75) is 12.8 Å². The molecule has 1 atom stereocenters. The zero-order valence-electron chi connectivity index (χ0n) is 13.1. The van der Waals surface area contributed by atoms with Gasteiger partial charge in [-0.15, -0.1) is 0 Å². The molecule has 0 aliphatic carbocycles. The average Bonchev–Trinajstić information content (AvgIpc) is 2.91. The Labute approximate surface area is 130 Å². The van der Waals surface area contributed by atoms with Crippen molar-refractivity contribution >= 4 is 5.91 Å². The number of nitrogens with zero attached hydrogens (tertiary/aromatic N) is 2. The van der Waals surface area contributed by atoms with Crippen molar-refractivity contribution in [2.75, 3.05) is 33.7 Å². The van der Waals surface area contributed by atoms with Crippen molar-refractivity contribution in [1.82, 2.24) is 9.80 Å². The lowest BCUT2D eigenvalue weighted by atomic mass is 9.98. The van der Waals surface area contributed by atoms with Gasteiger partial charge in [0, 0.05) is 25.7 Å². The van der Waals surface area contributed by atoms with E-state index in [9.17, 15) is 13.6 Å². The maximum absolute atomic E-state index is 13.2. The summed E-state index contributed by atoms with van der Waals surface area (Å²) in [5.74, 6) is -1.31. The van der Waals surface area contributed by atoms with Gasteiger partial charge in [0.25, 0.3) is 0 Å². The van der Waals surface area contributed by atoms with Crippen molar-refractivity contribution in [3.8, 4) is 0 Å². The molecule has 1 aliphatic rings. The van der Waals surface area contributed by atoms with Crippen LogP contribution in [0.15, 0.2) is 30.4 Å². The fraction of sp³-hybridized carbons (Fsp3) is 0.471. The molecule has 1 amide bonds. The average molecular weight is 308 g/mol. The molecule has 1 heterocycles. The predicted octanol–water partition coefficient (Wildman–Crippen LogP) is 2.47. The van der Waals surface area contributed by atoms with Crippen molar-refractivity contribution in [2.24, 2.45) is 5.92 Å². The molecular weight excluding hydrogens is 286 g/mol. The van der Waals surface area contributed by atoms with E-state index in [-0.39, 0.29) is 5.91 Å². The van der Waals surface area contributed by atoms with Crippen LogP contribution in [0, 0.1) is 17.6 Å². The standard InChI is InChI=1S/C17H22F2N2O/c1-20(2)8-3-4-17(22)21-9-7-14(12-21)10-13-5-6-15(18)16(19)11-13/h3-6,11,14H,7-10,12H2,1-2H3/b4-3+. The Balaban J connectivity index is 1.85. The van der Waals surface area contributed by atoms with Gasteiger partial charge in [-0.1, -0.05) is 12.1 Å². The first-order valence-corrected chi connectivity index (χ1v) is 7.50. The van der Waals surface area contributed by atoms with Crippen LogP contribution in [-0.4, -0.2) is 49.4 Å². The predicted molar refractivity (Wildman–Crippen MR) is 82.4 cm³/mol. The van der Waals surface area contributed by atoms with E-state index in [4.69, 9.17) is 0 Å². The summed E-state index contributed by atoms with van der Waals surface area (Å²) in [4.78, 5) is 15.8. The van der Waals surface area contributed by atoms with E-state index >= 15 is 0 Å². The molecule has 5 heteroatoms. The molecule has 1 unspecified atom stereocenters. The summed E-state index contributed by atoms with van der Waals surface area (Å²) in [5.41, 5.74) is 0.779. The Morgan fingerprint density at radius 1 is 1.36 bits per heavy atom. The molecule has 22 heavy (non-hydrogen) atoms. The second-order valence-electron chi connectivity index (χ2n) is 6.06. The minimum absolute atomic E-state index is 0.0228. The van der Waals surface area contributed by atoms with E-state index in [0.29, 0.717) is 18.9 Å². The Hall–Kier alpha value is -1.75. The minimum atomic E-state index is -0.821. The third kappa shape index (κ3) is 4.63.